The van der Waals surface area contributed by atoms with Crippen molar-refractivity contribution in [1.82, 2.24) is 9.56 Å². The van der Waals surface area contributed by atoms with Crippen LogP contribution in [0.1, 0.15) is 14.4 Å². The van der Waals surface area contributed by atoms with Gasteiger partial charge in [-0.25, -0.2) is 9.56 Å². The lowest BCUT2D eigenvalue weighted by Crippen LogP contribution is -3.00. The predicted molar refractivity (Wildman–Crippen MR) is 193 cm³/mol. The SMILES string of the molecule is C.CC(=O)N1c2ccc(N(C)C)cc2Sc2cc(N(C)C)ccc21.CN(C)c1ccc2nc3ccc(=[N+](C)C)cc-3sc2c1.[Cl-]. The van der Waals surface area contributed by atoms with E-state index in [1.165, 1.54) is 20.6 Å². The summed E-state index contributed by atoms with van der Waals surface area (Å²) in [4.78, 5) is 28.5. The molecule has 0 spiro atoms. The van der Waals surface area contributed by atoms with Crippen molar-refractivity contribution >= 4 is 67.7 Å². The van der Waals surface area contributed by atoms with E-state index in [9.17, 15) is 4.79 Å². The molecule has 0 fully saturated rings. The smallest absolute Gasteiger partial charge is 0.228 e. The van der Waals surface area contributed by atoms with Gasteiger partial charge in [0, 0.05) is 88.2 Å². The molecule has 7 nitrogen and oxygen atoms in total. The Kier molecular flexibility index (Phi) is 11.5. The third kappa shape index (κ3) is 7.54. The van der Waals surface area contributed by atoms with Crippen LogP contribution in [0, 0.1) is 0 Å². The molecule has 0 saturated heterocycles. The average molecular weight is 663 g/mol. The van der Waals surface area contributed by atoms with Crippen molar-refractivity contribution in [1.29, 1.82) is 0 Å². The fourth-order valence-electron chi connectivity index (χ4n) is 4.84. The Hall–Kier alpha value is -3.79. The molecule has 2 heterocycles. The molecule has 45 heavy (non-hydrogen) atoms. The number of anilines is 5. The van der Waals surface area contributed by atoms with E-state index in [-0.39, 0.29) is 25.7 Å². The molecule has 0 atom stereocenters. The minimum atomic E-state index is 0. The summed E-state index contributed by atoms with van der Waals surface area (Å²) in [5.41, 5.74) is 7.51. The van der Waals surface area contributed by atoms with E-state index in [4.69, 9.17) is 4.98 Å². The van der Waals surface area contributed by atoms with Gasteiger partial charge in [-0.15, -0.1) is 11.3 Å². The zero-order valence-corrected chi connectivity index (χ0v) is 29.1. The molecule has 0 aromatic heterocycles. The lowest BCUT2D eigenvalue weighted by molar-refractivity contribution is -0.115. The fourth-order valence-corrected chi connectivity index (χ4v) is 7.00. The van der Waals surface area contributed by atoms with Crippen LogP contribution < -0.4 is 41.9 Å². The summed E-state index contributed by atoms with van der Waals surface area (Å²) >= 11 is 3.52. The Balaban J connectivity index is 0.000000237. The van der Waals surface area contributed by atoms with E-state index in [0.29, 0.717) is 0 Å². The number of carbonyl (C=O) groups is 1. The van der Waals surface area contributed by atoms with Crippen LogP contribution in [-0.2, 0) is 4.79 Å². The van der Waals surface area contributed by atoms with Gasteiger partial charge in [0.1, 0.15) is 14.1 Å². The summed E-state index contributed by atoms with van der Waals surface area (Å²) in [6, 6.07) is 25.3. The van der Waals surface area contributed by atoms with E-state index in [1.54, 1.807) is 34.9 Å². The van der Waals surface area contributed by atoms with Crippen LogP contribution in [0.2, 0.25) is 0 Å². The predicted octanol–water partition coefficient (Wildman–Crippen LogP) is 4.11. The highest BCUT2D eigenvalue weighted by Crippen LogP contribution is 2.50. The van der Waals surface area contributed by atoms with Gasteiger partial charge in [-0.05, 0) is 60.7 Å². The second-order valence-corrected chi connectivity index (χ2v) is 13.5. The molecular weight excluding hydrogens is 620 g/mol. The number of benzene rings is 4. The van der Waals surface area contributed by atoms with Crippen molar-refractivity contribution < 1.29 is 17.2 Å². The molecular formula is C35H43ClN6OS2. The normalized spacial score (nSPS) is 11.3. The van der Waals surface area contributed by atoms with Crippen LogP contribution in [0.4, 0.5) is 28.4 Å². The number of nitrogens with zero attached hydrogens (tertiary/aromatic N) is 6. The molecule has 3 aliphatic rings. The molecule has 0 N–H and O–H groups in total. The van der Waals surface area contributed by atoms with Crippen molar-refractivity contribution in [3.05, 3.63) is 78.2 Å². The van der Waals surface area contributed by atoms with Gasteiger partial charge in [0.25, 0.3) is 0 Å². The lowest BCUT2D eigenvalue weighted by Gasteiger charge is -2.32. The second kappa shape index (κ2) is 14.5. The molecule has 0 radical (unpaired) electrons. The lowest BCUT2D eigenvalue weighted by atomic mass is 10.2. The first-order valence-corrected chi connectivity index (χ1v) is 15.7. The van der Waals surface area contributed by atoms with Crippen LogP contribution in [0.25, 0.3) is 20.8 Å². The third-order valence-corrected chi connectivity index (χ3v) is 9.50. The summed E-state index contributed by atoms with van der Waals surface area (Å²) in [6.45, 7) is 1.61. The maximum Gasteiger partial charge on any atom is 0.228 e. The number of rotatable bonds is 3. The standard InChI is InChI=1S/C18H21N3OS.C16H18N3S.CH4.ClH/c1-12(22)21-15-8-6-13(19(2)3)10-17(15)23-18-11-14(20(4)5)7-9-16(18)21;1-18(2)11-5-7-13-15(9-11)20-16-10-12(19(3)4)6-8-14(16)17-13;;/h6-11H,1-5H3;5-10H,1-4H3;1H4;1H/q;+1;;/p-1. The number of aromatic nitrogens is 1. The van der Waals surface area contributed by atoms with Crippen molar-refractivity contribution in [3.8, 4) is 10.6 Å². The molecule has 0 saturated carbocycles. The van der Waals surface area contributed by atoms with Crippen molar-refractivity contribution in [2.45, 2.75) is 24.1 Å². The van der Waals surface area contributed by atoms with Gasteiger partial charge in [0.15, 0.2) is 0 Å². The van der Waals surface area contributed by atoms with Gasteiger partial charge in [0.2, 0.25) is 11.3 Å². The number of halogens is 1. The Labute approximate surface area is 282 Å². The fraction of sp³-hybridized carbons (Fsp3) is 0.286. The van der Waals surface area contributed by atoms with Gasteiger partial charge < -0.3 is 27.1 Å². The highest BCUT2D eigenvalue weighted by molar-refractivity contribution is 7.99. The molecule has 3 aromatic rings. The zero-order chi connectivity index (χ0) is 31.0. The van der Waals surface area contributed by atoms with Crippen LogP contribution >= 0.6 is 23.1 Å². The molecule has 10 heteroatoms. The first-order chi connectivity index (χ1) is 20.4. The number of fused-ring (bicyclic) bond motifs is 4. The minimum Gasteiger partial charge on any atom is -1.00 e. The van der Waals surface area contributed by atoms with Gasteiger partial charge >= 0.3 is 0 Å². The maximum atomic E-state index is 12.3. The first-order valence-electron chi connectivity index (χ1n) is 14.1. The first kappa shape index (κ1) is 35.7. The Morgan fingerprint density at radius 2 is 1.24 bits per heavy atom. The zero-order valence-electron chi connectivity index (χ0n) is 26.7. The molecule has 0 bridgehead atoms. The van der Waals surface area contributed by atoms with E-state index in [2.05, 4.69) is 108 Å². The summed E-state index contributed by atoms with van der Waals surface area (Å²) < 4.78 is 3.34. The topological polar surface area (TPSA) is 45.9 Å². The molecule has 6 rings (SSSR count). The van der Waals surface area contributed by atoms with Crippen molar-refractivity contribution in [3.63, 3.8) is 0 Å². The second-order valence-electron chi connectivity index (χ2n) is 11.4. The quantitative estimate of drug-likeness (QED) is 0.214. The average Bonchev–Trinajstić information content (AvgIpc) is 2.97. The van der Waals surface area contributed by atoms with Crippen molar-refractivity contribution in [2.75, 3.05) is 76.0 Å². The van der Waals surface area contributed by atoms with E-state index in [1.807, 2.05) is 40.3 Å². The van der Waals surface area contributed by atoms with Gasteiger partial charge in [-0.1, -0.05) is 19.2 Å². The van der Waals surface area contributed by atoms with Crippen molar-refractivity contribution in [2.24, 2.45) is 0 Å². The number of hydrogen-bond donors (Lipinski definition) is 0. The molecule has 3 aromatic carbocycles. The molecule has 0 unspecified atom stereocenters. The third-order valence-electron chi connectivity index (χ3n) is 7.32. The molecule has 1 amide bonds. The van der Waals surface area contributed by atoms with Crippen LogP contribution in [-0.4, -0.2) is 67.3 Å². The highest BCUT2D eigenvalue weighted by Gasteiger charge is 2.27. The molecule has 1 aliphatic carbocycles. The van der Waals surface area contributed by atoms with Crippen LogP contribution in [0.15, 0.2) is 82.6 Å². The maximum absolute atomic E-state index is 12.3. The number of carbonyl (C=O) groups excluding carboxylic acids is 1. The number of amides is 1. The van der Waals surface area contributed by atoms with Crippen LogP contribution in [0.5, 0.6) is 0 Å². The summed E-state index contributed by atoms with van der Waals surface area (Å²) in [5.74, 6) is 0.0306. The monoisotopic (exact) mass is 662 g/mol. The Morgan fingerprint density at radius 1 is 0.733 bits per heavy atom. The largest absolute Gasteiger partial charge is 1.00 e. The Bertz CT molecular complexity index is 1810. The highest BCUT2D eigenvalue weighted by atomic mass is 35.5. The van der Waals surface area contributed by atoms with E-state index < -0.39 is 0 Å². The molecule has 2 aliphatic heterocycles. The summed E-state index contributed by atoms with van der Waals surface area (Å²) in [6.07, 6.45) is 0. The van der Waals surface area contributed by atoms with Gasteiger partial charge in [-0.3, -0.25) is 9.69 Å². The van der Waals surface area contributed by atoms with Gasteiger partial charge in [-0.2, -0.15) is 0 Å². The van der Waals surface area contributed by atoms with Crippen LogP contribution in [0.3, 0.4) is 0 Å². The number of hydrogen-bond acceptors (Lipinski definition) is 7. The minimum absolute atomic E-state index is 0. The molecule has 238 valence electrons. The summed E-state index contributed by atoms with van der Waals surface area (Å²) in [5, 5.41) is 1.21. The van der Waals surface area contributed by atoms with E-state index in [0.717, 1.165) is 43.8 Å². The van der Waals surface area contributed by atoms with E-state index >= 15 is 0 Å². The Morgan fingerprint density at radius 3 is 1.73 bits per heavy atom. The summed E-state index contributed by atoms with van der Waals surface area (Å²) in [7, 11) is 16.3. The van der Waals surface area contributed by atoms with Gasteiger partial charge in [0.05, 0.1) is 32.2 Å².